The molecule has 160 valence electrons. The topological polar surface area (TPSA) is 110 Å². The summed E-state index contributed by atoms with van der Waals surface area (Å²) in [4.78, 5) is 15.5. The molecule has 0 saturated carbocycles. The number of carbonyl (C=O) groups excluding carboxylic acids is 1. The zero-order valence-electron chi connectivity index (χ0n) is 17.6. The molecule has 4 rings (SSSR count). The van der Waals surface area contributed by atoms with Crippen LogP contribution in [0.1, 0.15) is 65.4 Å². The van der Waals surface area contributed by atoms with Crippen molar-refractivity contribution in [2.75, 3.05) is 13.2 Å². The summed E-state index contributed by atoms with van der Waals surface area (Å²) in [6.07, 6.45) is 5.06. The number of hydrogen-bond donors (Lipinski definition) is 1. The number of carbonyl (C=O) groups is 1. The van der Waals surface area contributed by atoms with Gasteiger partial charge in [0.25, 0.3) is 5.91 Å². The van der Waals surface area contributed by atoms with Gasteiger partial charge in [-0.2, -0.15) is 5.10 Å². The molecule has 1 amide bonds. The zero-order chi connectivity index (χ0) is 21.3. The average Bonchev–Trinajstić information content (AvgIpc) is 3.46. The van der Waals surface area contributed by atoms with E-state index in [4.69, 9.17) is 9.05 Å². The number of likely N-dealkylation sites (tertiary alicyclic amines) is 1. The molecule has 0 bridgehead atoms. The summed E-state index contributed by atoms with van der Waals surface area (Å²) >= 11 is 0. The predicted octanol–water partition coefficient (Wildman–Crippen LogP) is 3.07. The lowest BCUT2D eigenvalue weighted by molar-refractivity contribution is 0.0596. The van der Waals surface area contributed by atoms with Crippen LogP contribution in [0.15, 0.2) is 21.3 Å². The molecule has 0 aromatic carbocycles. The fourth-order valence-electron chi connectivity index (χ4n) is 4.23. The molecule has 1 aliphatic heterocycles. The number of hydrogen-bond acceptors (Lipinski definition) is 7. The smallest absolute Gasteiger partial charge is 0.259 e. The van der Waals surface area contributed by atoms with Crippen LogP contribution < -0.4 is 0 Å². The molecular formula is C21H27N5O4. The van der Waals surface area contributed by atoms with E-state index in [1.807, 2.05) is 24.8 Å². The average molecular weight is 413 g/mol. The number of aryl methyl sites for hydroxylation is 3. The van der Waals surface area contributed by atoms with E-state index in [0.29, 0.717) is 42.3 Å². The molecule has 9 nitrogen and oxygen atoms in total. The first-order chi connectivity index (χ1) is 14.5. The van der Waals surface area contributed by atoms with Crippen molar-refractivity contribution in [3.63, 3.8) is 0 Å². The Morgan fingerprint density at radius 2 is 2.10 bits per heavy atom. The van der Waals surface area contributed by atoms with Gasteiger partial charge in [-0.1, -0.05) is 17.2 Å². The minimum Gasteiger partial charge on any atom is -0.394 e. The summed E-state index contributed by atoms with van der Waals surface area (Å²) < 4.78 is 12.6. The van der Waals surface area contributed by atoms with Crippen molar-refractivity contribution >= 4 is 5.91 Å². The van der Waals surface area contributed by atoms with Gasteiger partial charge in [-0.3, -0.25) is 9.48 Å². The highest BCUT2D eigenvalue weighted by Crippen LogP contribution is 2.38. The first kappa shape index (κ1) is 20.3. The lowest BCUT2D eigenvalue weighted by Crippen LogP contribution is -2.40. The second kappa shape index (κ2) is 8.43. The van der Waals surface area contributed by atoms with Gasteiger partial charge in [-0.15, -0.1) is 0 Å². The van der Waals surface area contributed by atoms with Crippen LogP contribution in [0.4, 0.5) is 0 Å². The lowest BCUT2D eigenvalue weighted by atomic mass is 9.94. The Kier molecular flexibility index (Phi) is 5.72. The maximum atomic E-state index is 13.6. The first-order valence-corrected chi connectivity index (χ1v) is 10.4. The molecule has 3 aromatic rings. The van der Waals surface area contributed by atoms with Crippen LogP contribution in [0, 0.1) is 13.8 Å². The predicted molar refractivity (Wildman–Crippen MR) is 108 cm³/mol. The van der Waals surface area contributed by atoms with Crippen molar-refractivity contribution in [2.24, 2.45) is 0 Å². The van der Waals surface area contributed by atoms with Gasteiger partial charge in [-0.25, -0.2) is 0 Å². The van der Waals surface area contributed by atoms with Crippen LogP contribution in [0.3, 0.4) is 0 Å². The second-order valence-corrected chi connectivity index (χ2v) is 7.65. The molecule has 1 N–H and O–H groups in total. The maximum absolute atomic E-state index is 13.6. The summed E-state index contributed by atoms with van der Waals surface area (Å²) in [6, 6.07) is 1.66. The van der Waals surface area contributed by atoms with Gasteiger partial charge in [-0.05, 0) is 33.1 Å². The van der Waals surface area contributed by atoms with E-state index in [-0.39, 0.29) is 18.6 Å². The van der Waals surface area contributed by atoms with E-state index in [2.05, 4.69) is 15.4 Å². The van der Waals surface area contributed by atoms with Crippen molar-refractivity contribution in [3.05, 3.63) is 40.7 Å². The zero-order valence-corrected chi connectivity index (χ0v) is 17.6. The second-order valence-electron chi connectivity index (χ2n) is 7.65. The third kappa shape index (κ3) is 3.54. The highest BCUT2D eigenvalue weighted by Gasteiger charge is 2.36. The van der Waals surface area contributed by atoms with Gasteiger partial charge in [0.15, 0.2) is 5.76 Å². The van der Waals surface area contributed by atoms with E-state index in [1.54, 1.807) is 17.8 Å². The largest absolute Gasteiger partial charge is 0.394 e. The molecule has 1 fully saturated rings. The summed E-state index contributed by atoms with van der Waals surface area (Å²) in [5, 5.41) is 22.0. The monoisotopic (exact) mass is 413 g/mol. The van der Waals surface area contributed by atoms with E-state index < -0.39 is 0 Å². The summed E-state index contributed by atoms with van der Waals surface area (Å²) in [5.74, 6) is 1.14. The molecule has 1 atom stereocenters. The van der Waals surface area contributed by atoms with Crippen LogP contribution in [0.5, 0.6) is 0 Å². The Morgan fingerprint density at radius 3 is 2.80 bits per heavy atom. The standard InChI is InChI=1S/C21H27N5O4/c1-4-17-19(14(3)24-29-17)21(28)25-8-6-5-7-16(25)20-15(12-22-26(20)9-10-27)18-11-13(2)23-30-18/h11-12,16,27H,4-10H2,1-3H3/t16-/m0/s1. The molecule has 1 aliphatic rings. The van der Waals surface area contributed by atoms with Crippen molar-refractivity contribution in [1.82, 2.24) is 25.0 Å². The Hall–Kier alpha value is -2.94. The molecular weight excluding hydrogens is 386 g/mol. The Bertz CT molecular complexity index is 1030. The Morgan fingerprint density at radius 1 is 1.27 bits per heavy atom. The number of aliphatic hydroxyl groups excluding tert-OH is 1. The van der Waals surface area contributed by atoms with Gasteiger partial charge in [0.1, 0.15) is 11.3 Å². The fourth-order valence-corrected chi connectivity index (χ4v) is 4.23. The third-order valence-corrected chi connectivity index (χ3v) is 5.63. The molecule has 3 aromatic heterocycles. The Balaban J connectivity index is 1.78. The number of aromatic nitrogens is 4. The molecule has 0 aliphatic carbocycles. The highest BCUT2D eigenvalue weighted by molar-refractivity contribution is 5.96. The third-order valence-electron chi connectivity index (χ3n) is 5.63. The number of nitrogens with zero attached hydrogens (tertiary/aromatic N) is 5. The van der Waals surface area contributed by atoms with Crippen molar-refractivity contribution in [2.45, 2.75) is 59.0 Å². The van der Waals surface area contributed by atoms with Gasteiger partial charge in [0, 0.05) is 19.0 Å². The molecule has 30 heavy (non-hydrogen) atoms. The van der Waals surface area contributed by atoms with Crippen LogP contribution in [0.25, 0.3) is 11.3 Å². The quantitative estimate of drug-likeness (QED) is 0.661. The normalized spacial score (nSPS) is 16.9. The van der Waals surface area contributed by atoms with Gasteiger partial charge in [0.05, 0.1) is 48.0 Å². The van der Waals surface area contributed by atoms with Crippen LogP contribution in [0.2, 0.25) is 0 Å². The lowest BCUT2D eigenvalue weighted by Gasteiger charge is -2.36. The molecule has 4 heterocycles. The van der Waals surface area contributed by atoms with Crippen molar-refractivity contribution in [1.29, 1.82) is 0 Å². The molecule has 9 heteroatoms. The molecule has 0 radical (unpaired) electrons. The Labute approximate surface area is 174 Å². The SMILES string of the molecule is CCc1onc(C)c1C(=O)N1CCCC[C@H]1c1c(-c2cc(C)no2)cnn1CCO. The summed E-state index contributed by atoms with van der Waals surface area (Å²) in [5.41, 5.74) is 3.59. The van der Waals surface area contributed by atoms with Crippen molar-refractivity contribution in [3.8, 4) is 11.3 Å². The molecule has 1 saturated heterocycles. The highest BCUT2D eigenvalue weighted by atomic mass is 16.5. The number of amides is 1. The van der Waals surface area contributed by atoms with E-state index in [0.717, 1.165) is 36.2 Å². The van der Waals surface area contributed by atoms with Crippen LogP contribution in [-0.2, 0) is 13.0 Å². The molecule has 0 unspecified atom stereocenters. The van der Waals surface area contributed by atoms with Crippen LogP contribution >= 0.6 is 0 Å². The maximum Gasteiger partial charge on any atom is 0.259 e. The van der Waals surface area contributed by atoms with Gasteiger partial charge < -0.3 is 19.1 Å². The van der Waals surface area contributed by atoms with Crippen molar-refractivity contribution < 1.29 is 18.9 Å². The number of aliphatic hydroxyl groups is 1. The number of rotatable bonds is 6. The van der Waals surface area contributed by atoms with Gasteiger partial charge in [0.2, 0.25) is 0 Å². The van der Waals surface area contributed by atoms with Gasteiger partial charge >= 0.3 is 0 Å². The first-order valence-electron chi connectivity index (χ1n) is 10.4. The summed E-state index contributed by atoms with van der Waals surface area (Å²) in [7, 11) is 0. The van der Waals surface area contributed by atoms with E-state index >= 15 is 0 Å². The minimum absolute atomic E-state index is 0.0467. The fraction of sp³-hybridized carbons (Fsp3) is 0.524. The van der Waals surface area contributed by atoms with E-state index in [9.17, 15) is 9.90 Å². The number of piperidine rings is 1. The van der Waals surface area contributed by atoms with E-state index in [1.165, 1.54) is 0 Å². The van der Waals surface area contributed by atoms with Crippen LogP contribution in [-0.4, -0.2) is 49.2 Å². The molecule has 0 spiro atoms. The minimum atomic E-state index is -0.195. The summed E-state index contributed by atoms with van der Waals surface area (Å²) in [6.45, 7) is 6.54.